The Labute approximate surface area is 175 Å². The van der Waals surface area contributed by atoms with E-state index in [0.29, 0.717) is 0 Å². The van der Waals surface area contributed by atoms with Crippen molar-refractivity contribution in [1.82, 2.24) is 30.0 Å². The number of rotatable bonds is 6. The van der Waals surface area contributed by atoms with Gasteiger partial charge in [-0.3, -0.25) is 15.1 Å². The largest absolute Gasteiger partial charge is 0.382 e. The van der Waals surface area contributed by atoms with E-state index < -0.39 is 0 Å². The van der Waals surface area contributed by atoms with Gasteiger partial charge in [-0.15, -0.1) is 0 Å². The molecule has 0 aromatic carbocycles. The van der Waals surface area contributed by atoms with Gasteiger partial charge in [0.25, 0.3) is 0 Å². The molecule has 4 aromatic rings. The van der Waals surface area contributed by atoms with Gasteiger partial charge in [0.15, 0.2) is 0 Å². The van der Waals surface area contributed by atoms with Gasteiger partial charge in [0.1, 0.15) is 0 Å². The molecule has 1 aliphatic rings. The monoisotopic (exact) mass is 399 g/mol. The zero-order valence-electron chi connectivity index (χ0n) is 17.1. The number of aromatic nitrogens is 5. The Hall–Kier alpha value is -3.32. The minimum absolute atomic E-state index is 0.852. The van der Waals surface area contributed by atoms with Crippen LogP contribution in [0.2, 0.25) is 0 Å². The summed E-state index contributed by atoms with van der Waals surface area (Å²) < 4.78 is 0. The molecule has 0 radical (unpaired) electrons. The summed E-state index contributed by atoms with van der Waals surface area (Å²) in [6.07, 6.45) is 6.32. The van der Waals surface area contributed by atoms with Crippen molar-refractivity contribution in [2.24, 2.45) is 0 Å². The fraction of sp³-hybridized carbons (Fsp3) is 0.304. The number of nitrogens with one attached hydrogen (secondary N) is 2. The first-order valence-electron chi connectivity index (χ1n) is 10.5. The van der Waals surface area contributed by atoms with Crippen LogP contribution in [0.15, 0.2) is 48.8 Å². The van der Waals surface area contributed by atoms with E-state index in [4.69, 9.17) is 4.98 Å². The topological polar surface area (TPSA) is 82.6 Å². The lowest BCUT2D eigenvalue weighted by molar-refractivity contribution is 0.352. The summed E-state index contributed by atoms with van der Waals surface area (Å²) in [6, 6.07) is 12.0. The van der Waals surface area contributed by atoms with E-state index in [1.165, 1.54) is 25.9 Å². The number of aryl methyl sites for hydroxylation is 1. The van der Waals surface area contributed by atoms with Crippen LogP contribution < -0.4 is 5.32 Å². The number of hydrogen-bond acceptors (Lipinski definition) is 6. The number of aromatic amines is 1. The van der Waals surface area contributed by atoms with Crippen LogP contribution in [0.25, 0.3) is 33.7 Å². The number of likely N-dealkylation sites (tertiary alicyclic amines) is 1. The van der Waals surface area contributed by atoms with Gasteiger partial charge in [-0.1, -0.05) is 6.07 Å². The van der Waals surface area contributed by atoms with Crippen LogP contribution in [-0.2, 0) is 0 Å². The van der Waals surface area contributed by atoms with Gasteiger partial charge in [0.2, 0.25) is 0 Å². The second kappa shape index (κ2) is 8.20. The van der Waals surface area contributed by atoms with Gasteiger partial charge in [-0.25, -0.2) is 4.98 Å². The second-order valence-corrected chi connectivity index (χ2v) is 7.76. The Kier molecular flexibility index (Phi) is 5.11. The van der Waals surface area contributed by atoms with Gasteiger partial charge >= 0.3 is 0 Å². The van der Waals surface area contributed by atoms with Crippen LogP contribution in [0.1, 0.15) is 18.5 Å². The first-order chi connectivity index (χ1) is 14.8. The molecule has 7 heteroatoms. The number of pyridine rings is 3. The Bertz CT molecular complexity index is 1160. The van der Waals surface area contributed by atoms with Crippen molar-refractivity contribution >= 4 is 16.7 Å². The van der Waals surface area contributed by atoms with Crippen LogP contribution in [-0.4, -0.2) is 56.2 Å². The summed E-state index contributed by atoms with van der Waals surface area (Å²) in [5.41, 5.74) is 7.23. The molecule has 1 saturated heterocycles. The molecule has 5 rings (SSSR count). The predicted molar refractivity (Wildman–Crippen MR) is 119 cm³/mol. The fourth-order valence-corrected chi connectivity index (χ4v) is 3.98. The third kappa shape index (κ3) is 3.89. The normalized spacial score (nSPS) is 14.4. The molecule has 0 unspecified atom stereocenters. The third-order valence-electron chi connectivity index (χ3n) is 5.55. The molecule has 0 bridgehead atoms. The van der Waals surface area contributed by atoms with Crippen LogP contribution >= 0.6 is 0 Å². The maximum absolute atomic E-state index is 4.87. The van der Waals surface area contributed by atoms with E-state index in [9.17, 15) is 0 Å². The van der Waals surface area contributed by atoms with Crippen molar-refractivity contribution in [2.75, 3.05) is 31.5 Å². The summed E-state index contributed by atoms with van der Waals surface area (Å²) in [5, 5.41) is 10.8. The van der Waals surface area contributed by atoms with Crippen molar-refractivity contribution in [1.29, 1.82) is 0 Å². The minimum atomic E-state index is 0.852. The Balaban J connectivity index is 1.40. The number of nitrogens with zero attached hydrogens (tertiary/aromatic N) is 5. The quantitative estimate of drug-likeness (QED) is 0.512. The van der Waals surface area contributed by atoms with E-state index in [1.807, 2.05) is 43.5 Å². The minimum Gasteiger partial charge on any atom is -0.382 e. The average molecular weight is 400 g/mol. The van der Waals surface area contributed by atoms with Gasteiger partial charge in [0, 0.05) is 24.3 Å². The molecule has 0 spiro atoms. The van der Waals surface area contributed by atoms with Gasteiger partial charge in [-0.2, -0.15) is 5.10 Å². The lowest BCUT2D eigenvalue weighted by Gasteiger charge is -2.15. The molecule has 1 aliphatic heterocycles. The highest BCUT2D eigenvalue weighted by Gasteiger charge is 2.14. The van der Waals surface area contributed by atoms with E-state index >= 15 is 0 Å². The van der Waals surface area contributed by atoms with Crippen molar-refractivity contribution in [3.63, 3.8) is 0 Å². The van der Waals surface area contributed by atoms with Gasteiger partial charge < -0.3 is 10.2 Å². The zero-order chi connectivity index (χ0) is 20.3. The molecular weight excluding hydrogens is 374 g/mol. The molecule has 1 fully saturated rings. The molecule has 0 atom stereocenters. The molecule has 4 aromatic heterocycles. The van der Waals surface area contributed by atoms with Gasteiger partial charge in [-0.05, 0) is 63.2 Å². The average Bonchev–Trinajstić information content (AvgIpc) is 3.45. The van der Waals surface area contributed by atoms with Crippen LogP contribution in [0.4, 0.5) is 5.69 Å². The van der Waals surface area contributed by atoms with Crippen LogP contribution in [0.5, 0.6) is 0 Å². The fourth-order valence-electron chi connectivity index (χ4n) is 3.98. The smallest absolute Gasteiger partial charge is 0.0928 e. The maximum atomic E-state index is 4.87. The lowest BCUT2D eigenvalue weighted by atomic mass is 10.1. The number of fused-ring (bicyclic) bond motifs is 1. The molecule has 5 heterocycles. The second-order valence-electron chi connectivity index (χ2n) is 7.76. The number of anilines is 1. The molecule has 2 N–H and O–H groups in total. The van der Waals surface area contributed by atoms with Crippen molar-refractivity contribution in [3.05, 3.63) is 54.5 Å². The van der Waals surface area contributed by atoms with Crippen molar-refractivity contribution in [2.45, 2.75) is 19.8 Å². The molecule has 0 amide bonds. The standard InChI is InChI=1S/C23H25N7/c1-16-5-4-6-21(27-16)23-18(15-26-29-23)19-7-8-20-22(28-19)13-17(14-25-20)24-9-12-30-10-2-3-11-30/h4-8,13-15,24H,2-3,9-12H2,1H3,(H,26,29). The molecular formula is C23H25N7. The van der Waals surface area contributed by atoms with Crippen molar-refractivity contribution in [3.8, 4) is 22.6 Å². The number of H-pyrrole nitrogens is 1. The Morgan fingerprint density at radius 2 is 1.90 bits per heavy atom. The first-order valence-corrected chi connectivity index (χ1v) is 10.5. The first kappa shape index (κ1) is 18.7. The highest BCUT2D eigenvalue weighted by molar-refractivity contribution is 5.83. The highest BCUT2D eigenvalue weighted by atomic mass is 15.2. The highest BCUT2D eigenvalue weighted by Crippen LogP contribution is 2.29. The molecule has 0 saturated carbocycles. The summed E-state index contributed by atoms with van der Waals surface area (Å²) in [5.74, 6) is 0. The number of hydrogen-bond donors (Lipinski definition) is 2. The maximum Gasteiger partial charge on any atom is 0.0928 e. The lowest BCUT2D eigenvalue weighted by Crippen LogP contribution is -2.25. The SMILES string of the molecule is Cc1cccc(-c2[nH]ncc2-c2ccc3ncc(NCCN4CCCC4)cc3n2)n1. The zero-order valence-corrected chi connectivity index (χ0v) is 17.1. The Morgan fingerprint density at radius 3 is 2.77 bits per heavy atom. The predicted octanol–water partition coefficient (Wildman–Crippen LogP) is 3.90. The van der Waals surface area contributed by atoms with E-state index in [1.54, 1.807) is 6.20 Å². The van der Waals surface area contributed by atoms with E-state index in [2.05, 4.69) is 36.4 Å². The van der Waals surface area contributed by atoms with E-state index in [-0.39, 0.29) is 0 Å². The summed E-state index contributed by atoms with van der Waals surface area (Å²) >= 11 is 0. The van der Waals surface area contributed by atoms with E-state index in [0.717, 1.165) is 58.1 Å². The van der Waals surface area contributed by atoms with Crippen LogP contribution in [0, 0.1) is 6.92 Å². The summed E-state index contributed by atoms with van der Waals surface area (Å²) in [7, 11) is 0. The van der Waals surface area contributed by atoms with Crippen LogP contribution in [0.3, 0.4) is 0 Å². The molecule has 7 nitrogen and oxygen atoms in total. The molecule has 0 aliphatic carbocycles. The third-order valence-corrected chi connectivity index (χ3v) is 5.55. The Morgan fingerprint density at radius 1 is 1.00 bits per heavy atom. The summed E-state index contributed by atoms with van der Waals surface area (Å²) in [6.45, 7) is 6.39. The van der Waals surface area contributed by atoms with Crippen molar-refractivity contribution < 1.29 is 0 Å². The molecule has 152 valence electrons. The molecule has 30 heavy (non-hydrogen) atoms. The van der Waals surface area contributed by atoms with Gasteiger partial charge in [0.05, 0.1) is 46.2 Å². The summed E-state index contributed by atoms with van der Waals surface area (Å²) in [4.78, 5) is 16.6.